The summed E-state index contributed by atoms with van der Waals surface area (Å²) in [7, 11) is 0. The highest BCUT2D eigenvalue weighted by molar-refractivity contribution is 5.85. The molecule has 0 rings (SSSR count). The van der Waals surface area contributed by atoms with E-state index in [1.807, 2.05) is 0 Å². The summed E-state index contributed by atoms with van der Waals surface area (Å²) in [6, 6.07) is -3.45. The van der Waals surface area contributed by atoms with Gasteiger partial charge >= 0.3 is 23.9 Å². The number of carbonyl (C=O) groups excluding carboxylic acids is 4. The topological polar surface area (TPSA) is 310 Å². The van der Waals surface area contributed by atoms with Crippen molar-refractivity contribution in [1.29, 1.82) is 0 Å². The number of hydrogen-bond donors (Lipinski definition) is 9. The Hall–Kier alpha value is -4.36. The molecule has 0 aliphatic carbocycles. The van der Waals surface area contributed by atoms with Crippen molar-refractivity contribution in [3.8, 4) is 0 Å². The third-order valence-electron chi connectivity index (χ3n) is 9.89. The molecular weight excluding hydrogens is 798 g/mol. The summed E-state index contributed by atoms with van der Waals surface area (Å²) < 4.78 is 10.5. The number of hydrogen-bond acceptors (Lipinski definition) is 11. The number of carbonyl (C=O) groups is 8. The lowest BCUT2D eigenvalue weighted by atomic mass is 10.0. The molecule has 3 atom stereocenters. The lowest BCUT2D eigenvalue weighted by molar-refractivity contribution is -0.143. The van der Waals surface area contributed by atoms with Crippen molar-refractivity contribution in [1.82, 2.24) is 21.3 Å². The van der Waals surface area contributed by atoms with Crippen LogP contribution in [0.2, 0.25) is 0 Å². The molecule has 10 N–H and O–H groups in total. The van der Waals surface area contributed by atoms with Gasteiger partial charge in [0.25, 0.3) is 0 Å². The number of rotatable bonds is 43. The molecule has 0 unspecified atom stereocenters. The van der Waals surface area contributed by atoms with Crippen LogP contribution in [0.25, 0.3) is 0 Å². The molecule has 0 aromatic heterocycles. The highest BCUT2D eigenvalue weighted by Crippen LogP contribution is 2.14. The first-order valence-electron chi connectivity index (χ1n) is 22.2. The second-order valence-electron chi connectivity index (χ2n) is 15.3. The van der Waals surface area contributed by atoms with Crippen molar-refractivity contribution in [3.05, 3.63) is 0 Å². The van der Waals surface area contributed by atoms with Crippen molar-refractivity contribution >= 4 is 47.5 Å². The zero-order chi connectivity index (χ0) is 45.5. The van der Waals surface area contributed by atoms with Gasteiger partial charge in [-0.15, -0.1) is 0 Å². The summed E-state index contributed by atoms with van der Waals surface area (Å²) in [6.45, 7) is 0.159. The summed E-state index contributed by atoms with van der Waals surface area (Å²) in [5.41, 5.74) is 5.42. The molecule has 0 fully saturated rings. The molecule has 0 radical (unpaired) electrons. The number of ether oxygens (including phenoxy) is 2. The van der Waals surface area contributed by atoms with Crippen LogP contribution < -0.4 is 27.0 Å². The Morgan fingerprint density at radius 1 is 0.410 bits per heavy atom. The van der Waals surface area contributed by atoms with Crippen LogP contribution in [0.4, 0.5) is 0 Å². The molecule has 0 aromatic rings. The summed E-state index contributed by atoms with van der Waals surface area (Å²) in [4.78, 5) is 93.1. The molecule has 4 amide bonds. The van der Waals surface area contributed by atoms with Gasteiger partial charge in [-0.05, 0) is 44.9 Å². The Kier molecular flexibility index (Phi) is 35.8. The maximum absolute atomic E-state index is 12.3. The van der Waals surface area contributed by atoms with E-state index >= 15 is 0 Å². The SMILES string of the molecule is N[C@@H](CCCCNC(=O)CC[C@H](NC(=O)COCCOCCNC(=O)CC[C@H](NC(=O)CCCCCCCCCCCCCCCCCCC(=O)O)C(=O)O)C(=O)O)C(=O)O. The van der Waals surface area contributed by atoms with Crippen LogP contribution in [0.3, 0.4) is 0 Å². The fourth-order valence-corrected chi connectivity index (χ4v) is 6.27. The number of unbranched alkanes of at least 4 members (excludes halogenated alkanes) is 16. The van der Waals surface area contributed by atoms with Crippen molar-refractivity contribution in [2.24, 2.45) is 5.73 Å². The minimum atomic E-state index is -1.31. The van der Waals surface area contributed by atoms with Gasteiger partial charge in [-0.1, -0.05) is 89.9 Å². The van der Waals surface area contributed by atoms with E-state index in [1.165, 1.54) is 51.4 Å². The number of nitrogens with one attached hydrogen (secondary N) is 4. The van der Waals surface area contributed by atoms with Crippen LogP contribution in [-0.2, 0) is 47.8 Å². The van der Waals surface area contributed by atoms with Crippen LogP contribution in [-0.4, -0.2) is 126 Å². The van der Waals surface area contributed by atoms with Crippen LogP contribution in [0.1, 0.15) is 161 Å². The molecule has 0 heterocycles. The number of nitrogens with two attached hydrogens (primary N) is 1. The van der Waals surface area contributed by atoms with E-state index in [2.05, 4.69) is 21.3 Å². The number of aliphatic carboxylic acids is 4. The average molecular weight is 874 g/mol. The van der Waals surface area contributed by atoms with E-state index in [0.717, 1.165) is 44.9 Å². The number of carboxylic acids is 4. The lowest BCUT2D eigenvalue weighted by Crippen LogP contribution is -2.43. The van der Waals surface area contributed by atoms with Crippen LogP contribution >= 0.6 is 0 Å². The predicted octanol–water partition coefficient (Wildman–Crippen LogP) is 3.64. The van der Waals surface area contributed by atoms with Crippen LogP contribution in [0.5, 0.6) is 0 Å². The molecule has 352 valence electrons. The second-order valence-corrected chi connectivity index (χ2v) is 15.3. The van der Waals surface area contributed by atoms with Gasteiger partial charge in [0.15, 0.2) is 0 Å². The molecule has 61 heavy (non-hydrogen) atoms. The van der Waals surface area contributed by atoms with Crippen molar-refractivity contribution in [2.45, 2.75) is 179 Å². The summed E-state index contributed by atoms with van der Waals surface area (Å²) >= 11 is 0. The Balaban J connectivity index is 3.88. The zero-order valence-electron chi connectivity index (χ0n) is 36.1. The Morgan fingerprint density at radius 2 is 0.836 bits per heavy atom. The molecule has 0 saturated heterocycles. The minimum Gasteiger partial charge on any atom is -0.481 e. The van der Waals surface area contributed by atoms with Gasteiger partial charge in [-0.2, -0.15) is 0 Å². The first kappa shape index (κ1) is 56.6. The zero-order valence-corrected chi connectivity index (χ0v) is 36.1. The highest BCUT2D eigenvalue weighted by Gasteiger charge is 2.22. The quantitative estimate of drug-likeness (QED) is 0.0395. The van der Waals surface area contributed by atoms with E-state index in [1.54, 1.807) is 0 Å². The van der Waals surface area contributed by atoms with Gasteiger partial charge in [0.05, 0.1) is 19.8 Å². The van der Waals surface area contributed by atoms with E-state index < -0.39 is 66.3 Å². The van der Waals surface area contributed by atoms with E-state index in [-0.39, 0.29) is 83.8 Å². The first-order valence-corrected chi connectivity index (χ1v) is 22.2. The van der Waals surface area contributed by atoms with E-state index in [9.17, 15) is 48.6 Å². The van der Waals surface area contributed by atoms with Gasteiger partial charge in [-0.3, -0.25) is 28.8 Å². The molecule has 0 aliphatic heterocycles. The molecular formula is C42H75N5O14. The van der Waals surface area contributed by atoms with E-state index in [4.69, 9.17) is 25.4 Å². The third-order valence-corrected chi connectivity index (χ3v) is 9.89. The number of carboxylic acid groups (broad SMARTS) is 4. The summed E-state index contributed by atoms with van der Waals surface area (Å²) in [5.74, 6) is -6.20. The van der Waals surface area contributed by atoms with E-state index in [0.29, 0.717) is 19.3 Å². The van der Waals surface area contributed by atoms with Gasteiger partial charge in [-0.25, -0.2) is 9.59 Å². The fraction of sp³-hybridized carbons (Fsp3) is 0.810. The highest BCUT2D eigenvalue weighted by atomic mass is 16.5. The normalized spacial score (nSPS) is 12.5. The van der Waals surface area contributed by atoms with Crippen LogP contribution in [0, 0.1) is 0 Å². The van der Waals surface area contributed by atoms with Crippen LogP contribution in [0.15, 0.2) is 0 Å². The Morgan fingerprint density at radius 3 is 1.30 bits per heavy atom. The average Bonchev–Trinajstić information content (AvgIpc) is 3.20. The Labute approximate surface area is 360 Å². The standard InChI is InChI=1S/C42H75N5O14/c43-32(40(54)55)19-17-18-26-44-35(48)24-23-34(42(58)59)47-38(51)31-61-30-29-60-28-27-45-36(49)25-22-33(41(56)57)46-37(50)20-15-13-11-9-7-5-3-1-2-4-6-8-10-12-14-16-21-39(52)53/h32-34H,1-31,43H2,(H,44,48)(H,45,49)(H,46,50)(H,47,51)(H,52,53)(H,54,55)(H,56,57)(H,58,59)/t32-,33-,34-/m0/s1. The maximum atomic E-state index is 12.3. The smallest absolute Gasteiger partial charge is 0.326 e. The molecule has 19 nitrogen and oxygen atoms in total. The number of amides is 4. The molecule has 0 bridgehead atoms. The molecule has 0 spiro atoms. The van der Waals surface area contributed by atoms with Crippen molar-refractivity contribution < 1.29 is 68.3 Å². The summed E-state index contributed by atoms with van der Waals surface area (Å²) in [6.07, 6.45) is 18.9. The van der Waals surface area contributed by atoms with Gasteiger partial charge in [0.1, 0.15) is 24.7 Å². The molecule has 19 heteroatoms. The van der Waals surface area contributed by atoms with Crippen molar-refractivity contribution in [2.75, 3.05) is 39.5 Å². The maximum Gasteiger partial charge on any atom is 0.326 e. The minimum absolute atomic E-state index is 0.00283. The monoisotopic (exact) mass is 874 g/mol. The Bertz CT molecular complexity index is 1270. The second kappa shape index (κ2) is 38.6. The van der Waals surface area contributed by atoms with Crippen molar-refractivity contribution in [3.63, 3.8) is 0 Å². The van der Waals surface area contributed by atoms with Gasteiger partial charge in [0.2, 0.25) is 23.6 Å². The predicted molar refractivity (Wildman–Crippen MR) is 225 cm³/mol. The largest absolute Gasteiger partial charge is 0.481 e. The first-order chi connectivity index (χ1) is 29.2. The third kappa shape index (κ3) is 37.2. The fourth-order valence-electron chi connectivity index (χ4n) is 6.27. The van der Waals surface area contributed by atoms with Gasteiger partial charge < -0.3 is 56.9 Å². The molecule has 0 aromatic carbocycles. The van der Waals surface area contributed by atoms with Gasteiger partial charge in [0, 0.05) is 38.8 Å². The lowest BCUT2D eigenvalue weighted by Gasteiger charge is -2.15. The molecule has 0 saturated carbocycles. The molecule has 0 aliphatic rings. The summed E-state index contributed by atoms with van der Waals surface area (Å²) in [5, 5.41) is 46.4.